The quantitative estimate of drug-likeness (QED) is 0.0181. The summed E-state index contributed by atoms with van der Waals surface area (Å²) < 4.78 is 125. The number of amides is 9. The number of hydrogen-bond donors (Lipinski definition) is 9. The molecular weight excluding hydrogens is 1880 g/mol. The lowest BCUT2D eigenvalue weighted by atomic mass is 9.96. The first-order valence-electron chi connectivity index (χ1n) is 47.5. The summed E-state index contributed by atoms with van der Waals surface area (Å²) in [5.41, 5.74) is -1.64. The Bertz CT molecular complexity index is 3670. The van der Waals surface area contributed by atoms with E-state index in [2.05, 4.69) is 47.1 Å². The van der Waals surface area contributed by atoms with Gasteiger partial charge in [0.1, 0.15) is 67.8 Å². The van der Waals surface area contributed by atoms with Crippen LogP contribution in [0.2, 0.25) is 0 Å². The van der Waals surface area contributed by atoms with E-state index in [1.807, 2.05) is 0 Å². The van der Waals surface area contributed by atoms with Gasteiger partial charge in [-0.25, -0.2) is 4.57 Å². The summed E-state index contributed by atoms with van der Waals surface area (Å²) in [5, 5.41) is 22.5. The molecule has 798 valence electrons. The van der Waals surface area contributed by atoms with Crippen LogP contribution < -0.4 is 42.5 Å². The zero-order chi connectivity index (χ0) is 104. The van der Waals surface area contributed by atoms with E-state index in [-0.39, 0.29) is 143 Å². The van der Waals surface area contributed by atoms with E-state index in [0.717, 1.165) is 69.4 Å². The minimum atomic E-state index is -4.09. The molecule has 49 nitrogen and oxygen atoms in total. The van der Waals surface area contributed by atoms with Gasteiger partial charge in [0.2, 0.25) is 53.2 Å². The molecule has 4 heterocycles. The number of carbonyl (C=O) groups is 18. The molecule has 0 aromatic rings. The average Bonchev–Trinajstić information content (AvgIpc) is 1.03. The van der Waals surface area contributed by atoms with Crippen LogP contribution in [0.4, 0.5) is 0 Å². The maximum atomic E-state index is 15.0. The third-order valence-corrected chi connectivity index (χ3v) is 22.7. The highest BCUT2D eigenvalue weighted by molar-refractivity contribution is 7.47. The van der Waals surface area contributed by atoms with Crippen LogP contribution in [-0.4, -0.2) is 346 Å². The van der Waals surface area contributed by atoms with E-state index in [9.17, 15) is 95.8 Å². The molecule has 0 aliphatic carbocycles. The van der Waals surface area contributed by atoms with Crippen molar-refractivity contribution >= 4 is 115 Å². The Morgan fingerprint density at radius 2 is 0.650 bits per heavy atom. The molecule has 140 heavy (non-hydrogen) atoms. The number of nitrogens with one attached hydrogen (secondary N) is 8. The van der Waals surface area contributed by atoms with Crippen molar-refractivity contribution in [2.75, 3.05) is 126 Å². The second-order valence-electron chi connectivity index (χ2n) is 34.1. The molecular formula is C90H148N9O40P. The summed E-state index contributed by atoms with van der Waals surface area (Å²) >= 11 is 0. The fourth-order valence-electron chi connectivity index (χ4n) is 15.5. The van der Waals surface area contributed by atoms with Crippen LogP contribution >= 0.6 is 7.82 Å². The molecule has 0 radical (unpaired) electrons. The highest BCUT2D eigenvalue weighted by Crippen LogP contribution is 2.42. The normalized spacial score (nSPS) is 22.9. The minimum absolute atomic E-state index is 0.00713. The van der Waals surface area contributed by atoms with E-state index in [4.69, 9.17) is 89.8 Å². The highest BCUT2D eigenvalue weighted by Gasteiger charge is 2.55. The van der Waals surface area contributed by atoms with E-state index in [0.29, 0.717) is 116 Å². The van der Waals surface area contributed by atoms with Crippen molar-refractivity contribution in [2.24, 2.45) is 0 Å². The first-order chi connectivity index (χ1) is 66.5. The SMILES string of the molecule is COP(=O)(O)OCCCCCCNC(=O)CCCC(=O)N1CCCC1C(=O)NC(COCCC(=O)NCCCCCCOC1OC(COC(C)=O)C(OC(C)=O)C(OC(C)=O)C1NC(C)=O)(COCCC(=O)NCCCCCCOC1OC(COC(C)=O)C(OC(C)=O)C(OC(C)=O)C1NC(C)=O)COCCC(=O)NCCCCCCOC1OC(COC(C)=O)C(OC(C)=O)C(OC(C)=O)C1NC(C)=O. The van der Waals surface area contributed by atoms with Gasteiger partial charge in [-0.15, -0.1) is 0 Å². The minimum Gasteiger partial charge on any atom is -0.463 e. The molecule has 17 unspecified atom stereocenters. The van der Waals surface area contributed by atoms with Gasteiger partial charge in [-0.2, -0.15) is 0 Å². The molecule has 0 spiro atoms. The predicted octanol–water partition coefficient (Wildman–Crippen LogP) is 1.71. The molecule has 4 aliphatic heterocycles. The lowest BCUT2D eigenvalue weighted by Gasteiger charge is -2.44. The van der Waals surface area contributed by atoms with E-state index in [1.165, 1.54) is 25.7 Å². The summed E-state index contributed by atoms with van der Waals surface area (Å²) in [5.74, 6) is -10.8. The van der Waals surface area contributed by atoms with Crippen LogP contribution in [-0.2, 0) is 185 Å². The van der Waals surface area contributed by atoms with Gasteiger partial charge >= 0.3 is 61.5 Å². The van der Waals surface area contributed by atoms with Crippen molar-refractivity contribution in [1.29, 1.82) is 0 Å². The Labute approximate surface area is 815 Å². The summed E-state index contributed by atoms with van der Waals surface area (Å²) in [4.78, 5) is 240. The molecule has 0 bridgehead atoms. The van der Waals surface area contributed by atoms with Gasteiger partial charge in [-0.1, -0.05) is 51.4 Å². The molecule has 4 aliphatic rings. The van der Waals surface area contributed by atoms with Crippen LogP contribution in [0.3, 0.4) is 0 Å². The largest absolute Gasteiger partial charge is 0.471 e. The van der Waals surface area contributed by atoms with Gasteiger partial charge in [0.25, 0.3) is 0 Å². The fourth-order valence-corrected chi connectivity index (χ4v) is 15.9. The number of ether oxygens (including phenoxy) is 18. The van der Waals surface area contributed by atoms with Crippen LogP contribution in [0.1, 0.15) is 237 Å². The van der Waals surface area contributed by atoms with Crippen LogP contribution in [0.15, 0.2) is 0 Å². The molecule has 0 aromatic carbocycles. The highest BCUT2D eigenvalue weighted by atomic mass is 31.2. The van der Waals surface area contributed by atoms with E-state index < -0.39 is 232 Å². The molecule has 9 N–H and O–H groups in total. The Balaban J connectivity index is 1.49. The monoisotopic (exact) mass is 2030 g/mol. The molecule has 9 amide bonds. The first kappa shape index (κ1) is 123. The summed E-state index contributed by atoms with van der Waals surface area (Å²) in [6.07, 6.45) is -6.06. The topological polar surface area (TPSA) is 629 Å². The number of nitrogens with zero attached hydrogens (tertiary/aromatic N) is 1. The summed E-state index contributed by atoms with van der Waals surface area (Å²) in [6, 6.07) is -4.51. The zero-order valence-corrected chi connectivity index (χ0v) is 83.6. The lowest BCUT2D eigenvalue weighted by Crippen LogP contribution is -2.66. The molecule has 50 heteroatoms. The zero-order valence-electron chi connectivity index (χ0n) is 82.7. The first-order valence-corrected chi connectivity index (χ1v) is 49.0. The molecule has 17 atom stereocenters. The van der Waals surface area contributed by atoms with Crippen LogP contribution in [0, 0.1) is 0 Å². The second kappa shape index (κ2) is 67.6. The fraction of sp³-hybridized carbons (Fsp3) is 0.800. The van der Waals surface area contributed by atoms with Crippen molar-refractivity contribution in [3.63, 3.8) is 0 Å². The maximum absolute atomic E-state index is 15.0. The maximum Gasteiger partial charge on any atom is 0.471 e. The summed E-state index contributed by atoms with van der Waals surface area (Å²) in [6.45, 7) is 12.3. The van der Waals surface area contributed by atoms with Crippen molar-refractivity contribution in [3.05, 3.63) is 0 Å². The number of phosphoric ester groups is 1. The van der Waals surface area contributed by atoms with Gasteiger partial charge in [-0.05, 0) is 70.6 Å². The number of likely N-dealkylation sites (tertiary alicyclic amines) is 1. The number of rotatable bonds is 69. The number of carbonyl (C=O) groups excluding carboxylic acids is 18. The third kappa shape index (κ3) is 50.7. The molecule has 4 fully saturated rings. The standard InChI is InChI=1S/C90H148N9O40P/c1-56(100)95-77-83(134-65(10)109)80(131-62(7)106)69(50-127-59(4)103)137-87(77)124-43-26-18-14-22-39-92-73(113)35-47-121-53-90(98-86(117)68-32-31-42-99(68)76(116)34-30-33-72(112)91-38-25-17-21-29-46-130-140(118,119)120-13,54-122-48-36-74(114)93-40-23-15-19-27-44-125-88-78(96-57(2)101)84(135-66(11)110)81(132-63(8)107)70(138-88)51-128-60(5)104)55-123-49-37-75(115)94-41-24-16-20-28-45-126-89-79(97-58(3)102)85(136-67(12)111)82(133-64(9)108)71(139-89)52-129-61(6)105/h68-71,77-85,87-89H,14-55H2,1-13H3,(H,91,112)(H,92,113)(H,93,114)(H,94,115)(H,95,100)(H,96,101)(H,97,102)(H,98,117)(H,118,119). The van der Waals surface area contributed by atoms with E-state index in [1.54, 1.807) is 0 Å². The van der Waals surface area contributed by atoms with Crippen molar-refractivity contribution < 1.29 is 190 Å². The van der Waals surface area contributed by atoms with E-state index >= 15 is 0 Å². The molecule has 4 saturated heterocycles. The summed E-state index contributed by atoms with van der Waals surface area (Å²) in [7, 11) is -3.02. The second-order valence-corrected chi connectivity index (χ2v) is 35.6. The predicted molar refractivity (Wildman–Crippen MR) is 484 cm³/mol. The average molecular weight is 2030 g/mol. The van der Waals surface area contributed by atoms with Crippen molar-refractivity contribution in [2.45, 2.75) is 341 Å². The van der Waals surface area contributed by atoms with Gasteiger partial charge in [0.05, 0.1) is 46.2 Å². The van der Waals surface area contributed by atoms with Crippen molar-refractivity contribution in [3.8, 4) is 0 Å². The Hall–Kier alpha value is -9.79. The molecule has 4 rings (SSSR count). The van der Waals surface area contributed by atoms with Gasteiger partial charge < -0.3 is 138 Å². The number of esters is 9. The number of hydrogen-bond acceptors (Lipinski definition) is 39. The lowest BCUT2D eigenvalue weighted by molar-refractivity contribution is -0.277. The number of unbranched alkanes of at least 4 members (excludes halogenated alkanes) is 12. The third-order valence-electron chi connectivity index (χ3n) is 21.7. The molecule has 0 saturated carbocycles. The Morgan fingerprint density at radius 3 is 0.943 bits per heavy atom. The van der Waals surface area contributed by atoms with Crippen LogP contribution in [0.25, 0.3) is 0 Å². The smallest absolute Gasteiger partial charge is 0.463 e. The van der Waals surface area contributed by atoms with Crippen LogP contribution in [0.5, 0.6) is 0 Å². The van der Waals surface area contributed by atoms with Gasteiger partial charge in [0, 0.05) is 175 Å². The number of phosphoric acid groups is 1. The molecule has 0 aromatic heterocycles. The van der Waals surface area contributed by atoms with Gasteiger partial charge in [0.15, 0.2) is 55.5 Å². The van der Waals surface area contributed by atoms with Gasteiger partial charge in [-0.3, -0.25) is 95.3 Å². The Kier molecular flexibility index (Phi) is 59.2. The van der Waals surface area contributed by atoms with Crippen molar-refractivity contribution in [1.82, 2.24) is 47.4 Å². The Morgan fingerprint density at radius 1 is 0.357 bits per heavy atom.